The highest BCUT2D eigenvalue weighted by Crippen LogP contribution is 2.27. The van der Waals surface area contributed by atoms with Gasteiger partial charge in [0.15, 0.2) is 11.5 Å². The van der Waals surface area contributed by atoms with Crippen molar-refractivity contribution in [2.24, 2.45) is 0 Å². The van der Waals surface area contributed by atoms with Gasteiger partial charge < -0.3 is 15.5 Å². The van der Waals surface area contributed by atoms with Crippen molar-refractivity contribution in [2.45, 2.75) is 32.7 Å². The van der Waals surface area contributed by atoms with Crippen LogP contribution in [0.1, 0.15) is 30.5 Å². The first-order valence-electron chi connectivity index (χ1n) is 12.2. The molecule has 37 heavy (non-hydrogen) atoms. The van der Waals surface area contributed by atoms with Crippen LogP contribution >= 0.6 is 12.4 Å². The van der Waals surface area contributed by atoms with Gasteiger partial charge in [-0.2, -0.15) is 5.10 Å². The van der Waals surface area contributed by atoms with E-state index in [1.807, 2.05) is 12.3 Å². The van der Waals surface area contributed by atoms with Gasteiger partial charge in [-0.25, -0.2) is 24.5 Å². The third-order valence-electron chi connectivity index (χ3n) is 6.71. The Kier molecular flexibility index (Phi) is 6.66. The van der Waals surface area contributed by atoms with E-state index in [4.69, 9.17) is 4.98 Å². The standard InChI is InChI=1S/C27H29N9.ClH/c1-18-12-21(5-4-20(18)13-19-8-10-36-24(14-19)29-17-32-36)33-26-25-22(28-16-30-26)6-7-23(34-25)35-11-9-31-27(2,3)15-35;/h4-8,10,12,14,16-17,31H,9,11,13,15H2,1-3H3,(H,28,30,33);1H. The fourth-order valence-corrected chi connectivity index (χ4v) is 4.83. The molecule has 1 fully saturated rings. The zero-order chi connectivity index (χ0) is 24.7. The van der Waals surface area contributed by atoms with Crippen molar-refractivity contribution in [1.29, 1.82) is 0 Å². The fraction of sp³-hybridized carbons (Fsp3) is 0.296. The van der Waals surface area contributed by atoms with Crippen molar-refractivity contribution in [1.82, 2.24) is 34.9 Å². The SMILES string of the molecule is Cc1cc(Nc2ncnc3ccc(N4CCNC(C)(C)C4)nc23)ccc1Cc1ccn2ncnc2c1.Cl. The number of anilines is 3. The number of piperazine rings is 1. The summed E-state index contributed by atoms with van der Waals surface area (Å²) in [6, 6.07) is 14.7. The zero-order valence-corrected chi connectivity index (χ0v) is 22.0. The molecular weight excluding hydrogens is 486 g/mol. The predicted molar refractivity (Wildman–Crippen MR) is 149 cm³/mol. The largest absolute Gasteiger partial charge is 0.353 e. The van der Waals surface area contributed by atoms with Crippen LogP contribution in [0.3, 0.4) is 0 Å². The summed E-state index contributed by atoms with van der Waals surface area (Å²) in [5, 5.41) is 11.2. The second kappa shape index (κ2) is 9.91. The van der Waals surface area contributed by atoms with Gasteiger partial charge >= 0.3 is 0 Å². The van der Waals surface area contributed by atoms with E-state index < -0.39 is 0 Å². The lowest BCUT2D eigenvalue weighted by Gasteiger charge is -2.39. The third-order valence-corrected chi connectivity index (χ3v) is 6.71. The maximum Gasteiger partial charge on any atom is 0.160 e. The number of nitrogens with one attached hydrogen (secondary N) is 2. The van der Waals surface area contributed by atoms with Crippen molar-refractivity contribution in [3.05, 3.63) is 78.0 Å². The second-order valence-corrected chi connectivity index (χ2v) is 10.0. The first-order chi connectivity index (χ1) is 17.4. The molecule has 0 aliphatic carbocycles. The molecule has 1 aliphatic rings. The quantitative estimate of drug-likeness (QED) is 0.357. The molecule has 0 radical (unpaired) electrons. The smallest absolute Gasteiger partial charge is 0.160 e. The van der Waals surface area contributed by atoms with Crippen LogP contribution in [0, 0.1) is 6.92 Å². The molecular formula is C27H30ClN9. The molecule has 5 aromatic rings. The van der Waals surface area contributed by atoms with Gasteiger partial charge in [-0.15, -0.1) is 12.4 Å². The summed E-state index contributed by atoms with van der Waals surface area (Å²) >= 11 is 0. The highest BCUT2D eigenvalue weighted by Gasteiger charge is 2.26. The molecule has 2 N–H and O–H groups in total. The molecule has 5 heterocycles. The Bertz CT molecular complexity index is 1560. The van der Waals surface area contributed by atoms with Crippen LogP contribution in [0.5, 0.6) is 0 Å². The number of pyridine rings is 2. The van der Waals surface area contributed by atoms with Crippen LogP contribution in [0.25, 0.3) is 16.7 Å². The van der Waals surface area contributed by atoms with E-state index in [-0.39, 0.29) is 17.9 Å². The molecule has 1 saturated heterocycles. The van der Waals surface area contributed by atoms with E-state index in [1.165, 1.54) is 16.7 Å². The predicted octanol–water partition coefficient (Wildman–Crippen LogP) is 4.32. The molecule has 0 spiro atoms. The molecule has 9 nitrogen and oxygen atoms in total. The van der Waals surface area contributed by atoms with Crippen molar-refractivity contribution in [2.75, 3.05) is 29.9 Å². The van der Waals surface area contributed by atoms with Crippen molar-refractivity contribution in [3.8, 4) is 0 Å². The lowest BCUT2D eigenvalue weighted by molar-refractivity contribution is 0.352. The average molecular weight is 516 g/mol. The Morgan fingerprint density at radius 3 is 2.76 bits per heavy atom. The topological polar surface area (TPSA) is 96.2 Å². The summed E-state index contributed by atoms with van der Waals surface area (Å²) in [7, 11) is 0. The van der Waals surface area contributed by atoms with E-state index in [2.05, 4.69) is 92.8 Å². The van der Waals surface area contributed by atoms with Gasteiger partial charge in [0.25, 0.3) is 0 Å². The van der Waals surface area contributed by atoms with Crippen LogP contribution in [0.15, 0.2) is 61.3 Å². The number of aryl methyl sites for hydroxylation is 1. The maximum absolute atomic E-state index is 4.97. The van der Waals surface area contributed by atoms with Gasteiger partial charge in [-0.05, 0) is 80.3 Å². The van der Waals surface area contributed by atoms with E-state index in [1.54, 1.807) is 17.2 Å². The summed E-state index contributed by atoms with van der Waals surface area (Å²) in [5.41, 5.74) is 7.14. The minimum absolute atomic E-state index is 0. The lowest BCUT2D eigenvalue weighted by Crippen LogP contribution is -2.57. The van der Waals surface area contributed by atoms with Crippen molar-refractivity contribution in [3.63, 3.8) is 0 Å². The molecule has 190 valence electrons. The van der Waals surface area contributed by atoms with Crippen LogP contribution in [0.4, 0.5) is 17.3 Å². The molecule has 6 rings (SSSR count). The van der Waals surface area contributed by atoms with E-state index in [0.717, 1.165) is 54.2 Å². The van der Waals surface area contributed by atoms with Gasteiger partial charge in [0.2, 0.25) is 0 Å². The van der Waals surface area contributed by atoms with Crippen molar-refractivity contribution >= 4 is 46.4 Å². The van der Waals surface area contributed by atoms with E-state index in [0.29, 0.717) is 5.82 Å². The lowest BCUT2D eigenvalue weighted by atomic mass is 10.0. The third kappa shape index (κ3) is 5.19. The Morgan fingerprint density at radius 2 is 1.92 bits per heavy atom. The van der Waals surface area contributed by atoms with Gasteiger partial charge in [-0.1, -0.05) is 6.07 Å². The Hall–Kier alpha value is -3.82. The van der Waals surface area contributed by atoms with Gasteiger partial charge in [-0.3, -0.25) is 0 Å². The van der Waals surface area contributed by atoms with Gasteiger partial charge in [0, 0.05) is 37.1 Å². The molecule has 1 aliphatic heterocycles. The molecule has 10 heteroatoms. The monoisotopic (exact) mass is 515 g/mol. The second-order valence-electron chi connectivity index (χ2n) is 10.0. The minimum atomic E-state index is 0. The van der Waals surface area contributed by atoms with Crippen LogP contribution < -0.4 is 15.5 Å². The summed E-state index contributed by atoms with van der Waals surface area (Å²) < 4.78 is 1.78. The highest BCUT2D eigenvalue weighted by atomic mass is 35.5. The maximum atomic E-state index is 4.97. The summed E-state index contributed by atoms with van der Waals surface area (Å²) in [5.74, 6) is 1.66. The number of fused-ring (bicyclic) bond motifs is 2. The molecule has 4 aromatic heterocycles. The number of hydrogen-bond acceptors (Lipinski definition) is 8. The number of rotatable bonds is 5. The molecule has 0 bridgehead atoms. The van der Waals surface area contributed by atoms with E-state index in [9.17, 15) is 0 Å². The number of halogens is 1. The van der Waals surface area contributed by atoms with Gasteiger partial charge in [0.1, 0.15) is 24.0 Å². The Labute approximate surface area is 221 Å². The van der Waals surface area contributed by atoms with Crippen LogP contribution in [0.2, 0.25) is 0 Å². The molecule has 0 amide bonds. The number of aromatic nitrogens is 6. The summed E-state index contributed by atoms with van der Waals surface area (Å²) in [4.78, 5) is 20.6. The Morgan fingerprint density at radius 1 is 1.03 bits per heavy atom. The fourth-order valence-electron chi connectivity index (χ4n) is 4.83. The molecule has 0 atom stereocenters. The summed E-state index contributed by atoms with van der Waals surface area (Å²) in [6.45, 7) is 9.32. The zero-order valence-electron chi connectivity index (χ0n) is 21.1. The number of nitrogens with zero attached hydrogens (tertiary/aromatic N) is 7. The number of benzene rings is 1. The average Bonchev–Trinajstić information content (AvgIpc) is 3.33. The van der Waals surface area contributed by atoms with Crippen LogP contribution in [-0.4, -0.2) is 54.7 Å². The molecule has 0 unspecified atom stereocenters. The Balaban J connectivity index is 0.00000280. The minimum Gasteiger partial charge on any atom is -0.353 e. The summed E-state index contributed by atoms with van der Waals surface area (Å²) in [6.07, 6.45) is 5.94. The van der Waals surface area contributed by atoms with Crippen LogP contribution in [-0.2, 0) is 6.42 Å². The van der Waals surface area contributed by atoms with Gasteiger partial charge in [0.05, 0.1) is 5.52 Å². The van der Waals surface area contributed by atoms with Crippen molar-refractivity contribution < 1.29 is 0 Å². The molecule has 0 saturated carbocycles. The van der Waals surface area contributed by atoms with E-state index >= 15 is 0 Å². The normalized spacial score (nSPS) is 15.1. The first kappa shape index (κ1) is 24.9. The first-order valence-corrected chi connectivity index (χ1v) is 12.2. The number of hydrogen-bond donors (Lipinski definition) is 2. The molecule has 1 aromatic carbocycles. The highest BCUT2D eigenvalue weighted by molar-refractivity contribution is 5.88.